The number of allylic oxidation sites excluding steroid dienone is 3. The lowest BCUT2D eigenvalue weighted by atomic mass is 9.96. The lowest BCUT2D eigenvalue weighted by molar-refractivity contribution is -0.143. The number of carbonyl (C=O) groups excluding carboxylic acids is 6. The van der Waals surface area contributed by atoms with Crippen molar-refractivity contribution >= 4 is 41.4 Å². The van der Waals surface area contributed by atoms with Crippen LogP contribution in [-0.4, -0.2) is 108 Å². The predicted molar refractivity (Wildman–Crippen MR) is 183 cm³/mol. The van der Waals surface area contributed by atoms with Crippen molar-refractivity contribution in [2.45, 2.75) is 112 Å². The van der Waals surface area contributed by atoms with Gasteiger partial charge >= 0.3 is 5.97 Å². The van der Waals surface area contributed by atoms with E-state index in [1.807, 2.05) is 19.9 Å². The lowest BCUT2D eigenvalue weighted by Crippen LogP contribution is -2.55. The molecule has 0 aromatic heterocycles. The highest BCUT2D eigenvalue weighted by Gasteiger charge is 2.30. The summed E-state index contributed by atoms with van der Waals surface area (Å²) in [5.41, 5.74) is 1.82. The van der Waals surface area contributed by atoms with Gasteiger partial charge in [-0.25, -0.2) is 0 Å². The minimum atomic E-state index is -1.22. The largest absolute Gasteiger partial charge is 0.480 e. The average Bonchev–Trinajstić information content (AvgIpc) is 3.01. The maximum Gasteiger partial charge on any atom is 0.325 e. The highest BCUT2D eigenvalue weighted by atomic mass is 16.4. The molecule has 14 heteroatoms. The van der Waals surface area contributed by atoms with Gasteiger partial charge in [-0.3, -0.25) is 33.6 Å². The number of amides is 6. The fourth-order valence-electron chi connectivity index (χ4n) is 4.54. The van der Waals surface area contributed by atoms with E-state index in [0.717, 1.165) is 29.1 Å². The molecule has 0 aromatic rings. The average molecular weight is 679 g/mol. The van der Waals surface area contributed by atoms with Crippen molar-refractivity contribution in [3.05, 3.63) is 23.3 Å². The Labute approximate surface area is 285 Å². The molecule has 0 radical (unpaired) electrons. The van der Waals surface area contributed by atoms with Gasteiger partial charge in [-0.05, 0) is 72.6 Å². The minimum Gasteiger partial charge on any atom is -0.480 e. The van der Waals surface area contributed by atoms with Crippen LogP contribution >= 0.6 is 0 Å². The second-order valence-corrected chi connectivity index (χ2v) is 12.8. The quantitative estimate of drug-likeness (QED) is 0.0949. The van der Waals surface area contributed by atoms with Crippen LogP contribution < -0.4 is 21.3 Å². The second-order valence-electron chi connectivity index (χ2n) is 12.8. The number of hydrogen-bond donors (Lipinski definition) is 5. The van der Waals surface area contributed by atoms with Gasteiger partial charge in [0.05, 0.1) is 13.1 Å². The number of carboxylic acids is 1. The van der Waals surface area contributed by atoms with E-state index in [2.05, 4.69) is 41.2 Å². The molecule has 4 unspecified atom stereocenters. The van der Waals surface area contributed by atoms with Gasteiger partial charge in [-0.1, -0.05) is 44.9 Å². The van der Waals surface area contributed by atoms with Gasteiger partial charge in [0.1, 0.15) is 24.2 Å². The lowest BCUT2D eigenvalue weighted by Gasteiger charge is -2.27. The Morgan fingerprint density at radius 1 is 0.771 bits per heavy atom. The van der Waals surface area contributed by atoms with Crippen molar-refractivity contribution in [2.24, 2.45) is 11.8 Å². The number of aliphatic carboxylic acids is 1. The van der Waals surface area contributed by atoms with Crippen molar-refractivity contribution < 1.29 is 38.7 Å². The topological polar surface area (TPSA) is 194 Å². The van der Waals surface area contributed by atoms with Gasteiger partial charge in [0.15, 0.2) is 0 Å². The molecule has 0 aliphatic rings. The third-order valence-electron chi connectivity index (χ3n) is 8.20. The van der Waals surface area contributed by atoms with Crippen molar-refractivity contribution in [1.82, 2.24) is 31.1 Å². The maximum atomic E-state index is 12.9. The number of nitrogens with one attached hydrogen (secondary N) is 4. The third kappa shape index (κ3) is 16.1. The van der Waals surface area contributed by atoms with Crippen LogP contribution in [0.25, 0.3) is 0 Å². The molecular weight excluding hydrogens is 620 g/mol. The first-order valence-corrected chi connectivity index (χ1v) is 16.5. The fraction of sp³-hybridized carbons (Fsp3) is 0.676. The van der Waals surface area contributed by atoms with Crippen molar-refractivity contribution in [2.75, 3.05) is 27.2 Å². The first-order chi connectivity index (χ1) is 22.2. The molecule has 0 aliphatic carbocycles. The maximum absolute atomic E-state index is 12.9. The molecule has 0 saturated carbocycles. The second kappa shape index (κ2) is 21.6. The number of rotatable bonds is 20. The Kier molecular flexibility index (Phi) is 19.7. The van der Waals surface area contributed by atoms with Gasteiger partial charge in [0.25, 0.3) is 0 Å². The van der Waals surface area contributed by atoms with E-state index in [-0.39, 0.29) is 11.8 Å². The zero-order valence-corrected chi connectivity index (χ0v) is 30.6. The van der Waals surface area contributed by atoms with Crippen LogP contribution in [0, 0.1) is 11.8 Å². The molecule has 0 aliphatic heterocycles. The number of likely N-dealkylation sites (N-methyl/N-ethyl adjacent to an activating group) is 2. The zero-order chi connectivity index (χ0) is 37.3. The Morgan fingerprint density at radius 2 is 1.35 bits per heavy atom. The van der Waals surface area contributed by atoms with E-state index in [4.69, 9.17) is 5.11 Å². The monoisotopic (exact) mass is 678 g/mol. The summed E-state index contributed by atoms with van der Waals surface area (Å²) >= 11 is 0. The van der Waals surface area contributed by atoms with Gasteiger partial charge in [0, 0.05) is 19.7 Å². The van der Waals surface area contributed by atoms with Crippen molar-refractivity contribution in [1.29, 1.82) is 0 Å². The molecule has 5 N–H and O–H groups in total. The number of carboxylic acid groups (broad SMARTS) is 1. The highest BCUT2D eigenvalue weighted by molar-refractivity contribution is 5.97. The summed E-state index contributed by atoms with van der Waals surface area (Å²) in [5, 5.41) is 19.2. The van der Waals surface area contributed by atoms with Crippen LogP contribution in [0.15, 0.2) is 23.3 Å². The Balaban J connectivity index is 4.98. The van der Waals surface area contributed by atoms with Crippen molar-refractivity contribution in [3.8, 4) is 0 Å². The first-order valence-electron chi connectivity index (χ1n) is 16.5. The molecule has 0 heterocycles. The summed E-state index contributed by atoms with van der Waals surface area (Å²) in [6.07, 6.45) is 7.13. The van der Waals surface area contributed by atoms with Crippen LogP contribution in [-0.2, 0) is 33.6 Å². The molecule has 0 aromatic carbocycles. The molecule has 14 nitrogen and oxygen atoms in total. The predicted octanol–water partition coefficient (Wildman–Crippen LogP) is 1.75. The van der Waals surface area contributed by atoms with E-state index in [1.165, 1.54) is 40.4 Å². The Bertz CT molecular complexity index is 1220. The molecule has 0 saturated heterocycles. The number of nitrogens with zero attached hydrogens (tertiary/aromatic N) is 2. The van der Waals surface area contributed by atoms with E-state index in [9.17, 15) is 33.6 Å². The van der Waals surface area contributed by atoms with Gasteiger partial charge < -0.3 is 36.2 Å². The zero-order valence-electron chi connectivity index (χ0n) is 30.6. The first kappa shape index (κ1) is 43.8. The van der Waals surface area contributed by atoms with Gasteiger partial charge in [-0.15, -0.1) is 0 Å². The Morgan fingerprint density at radius 3 is 1.90 bits per heavy atom. The summed E-state index contributed by atoms with van der Waals surface area (Å²) in [5.74, 6) is -4.43. The van der Waals surface area contributed by atoms with Crippen LogP contribution in [0.2, 0.25) is 0 Å². The fourth-order valence-corrected chi connectivity index (χ4v) is 4.54. The minimum absolute atomic E-state index is 0.315. The van der Waals surface area contributed by atoms with Crippen LogP contribution in [0.1, 0.15) is 88.0 Å². The molecule has 0 bridgehead atoms. The molecule has 0 fully saturated rings. The SMILES string of the molecule is C/C=C(\C)CC(C)CC/C=C(\C)C(=O)N[C@H](C)C(=O)NC(C)C(=O)N(C)CC(=O)N(C)CC(=O)NC(C(=O)N[C@H](C)C(=O)O)C(C)CC. The highest BCUT2D eigenvalue weighted by Crippen LogP contribution is 2.17. The summed E-state index contributed by atoms with van der Waals surface area (Å²) in [6.45, 7) is 15.0. The summed E-state index contributed by atoms with van der Waals surface area (Å²) in [6, 6.07) is -4.09. The number of carbonyl (C=O) groups is 7. The van der Waals surface area contributed by atoms with Gasteiger partial charge in [-0.2, -0.15) is 0 Å². The summed E-state index contributed by atoms with van der Waals surface area (Å²) in [7, 11) is 2.74. The molecule has 0 rings (SSSR count). The van der Waals surface area contributed by atoms with E-state index in [1.54, 1.807) is 13.8 Å². The molecule has 0 spiro atoms. The Hall–Kier alpha value is -4.23. The molecular formula is C34H58N6O8. The van der Waals surface area contributed by atoms with Crippen LogP contribution in [0.5, 0.6) is 0 Å². The molecule has 272 valence electrons. The van der Waals surface area contributed by atoms with E-state index in [0.29, 0.717) is 17.9 Å². The molecule has 6 amide bonds. The standard InChI is InChI=1S/C34H58N6O8/c1-12-20(3)17-21(4)15-14-16-23(6)30(43)35-24(7)31(44)36-25(8)33(46)40(11)19-28(42)39(10)18-27(41)38-29(22(5)13-2)32(45)37-26(9)34(47)48/h12,16,21-22,24-26,29H,13-15,17-19H2,1-11H3,(H,35,43)(H,36,44)(H,37,45)(H,38,41)(H,47,48)/b20-12+,23-16+/t21?,22?,24-,25?,26-,29?/m1/s1. The van der Waals surface area contributed by atoms with Gasteiger partial charge in [0.2, 0.25) is 35.4 Å². The summed E-state index contributed by atoms with van der Waals surface area (Å²) in [4.78, 5) is 89.7. The normalized spacial score (nSPS) is 15.5. The molecule has 48 heavy (non-hydrogen) atoms. The number of hydrogen-bond acceptors (Lipinski definition) is 7. The van der Waals surface area contributed by atoms with Crippen LogP contribution in [0.4, 0.5) is 0 Å². The van der Waals surface area contributed by atoms with E-state index >= 15 is 0 Å². The third-order valence-corrected chi connectivity index (χ3v) is 8.20. The smallest absolute Gasteiger partial charge is 0.325 e. The molecule has 6 atom stereocenters. The van der Waals surface area contributed by atoms with Crippen molar-refractivity contribution in [3.63, 3.8) is 0 Å². The van der Waals surface area contributed by atoms with E-state index < -0.39 is 72.8 Å². The summed E-state index contributed by atoms with van der Waals surface area (Å²) < 4.78 is 0. The van der Waals surface area contributed by atoms with Crippen LogP contribution in [0.3, 0.4) is 0 Å².